The van der Waals surface area contributed by atoms with Crippen LogP contribution in [0, 0.1) is 0 Å². The first kappa shape index (κ1) is 6.54. The molecule has 0 fully saturated rings. The number of rotatable bonds is 1. The minimum atomic E-state index is 0.0358. The van der Waals surface area contributed by atoms with Crippen LogP contribution in [0.5, 0.6) is 5.95 Å². The van der Waals surface area contributed by atoms with Crippen molar-refractivity contribution in [1.82, 2.24) is 0 Å². The number of fused-ring (bicyclic) bond motifs is 1. The van der Waals surface area contributed by atoms with Gasteiger partial charge in [-0.15, -0.1) is 0 Å². The molecule has 2 rings (SSSR count). The van der Waals surface area contributed by atoms with Crippen LogP contribution in [-0.2, 0) is 0 Å². The van der Waals surface area contributed by atoms with Gasteiger partial charge in [0.05, 0.1) is 12.8 Å². The molecule has 3 N–H and O–H groups in total. The topological polar surface area (TPSA) is 60.4 Å². The Bertz CT molecular complexity index is 246. The molecule has 1 atom stereocenters. The molecule has 60 valence electrons. The Balaban J connectivity index is 2.18. The van der Waals surface area contributed by atoms with Crippen LogP contribution in [0.25, 0.3) is 0 Å². The third-order valence-electron chi connectivity index (χ3n) is 1.69. The van der Waals surface area contributed by atoms with Crippen LogP contribution in [-0.4, -0.2) is 19.2 Å². The molecule has 4 heteroatoms. The van der Waals surface area contributed by atoms with E-state index in [2.05, 4.69) is 5.32 Å². The molecule has 4 nitrogen and oxygen atoms in total. The van der Waals surface area contributed by atoms with Crippen molar-refractivity contribution in [2.45, 2.75) is 6.10 Å². The summed E-state index contributed by atoms with van der Waals surface area (Å²) in [5.74, 6) is 0.548. The highest BCUT2D eigenvalue weighted by Gasteiger charge is 2.19. The fourth-order valence-electron chi connectivity index (χ4n) is 1.07. The van der Waals surface area contributed by atoms with E-state index in [1.54, 1.807) is 6.26 Å². The Morgan fingerprint density at radius 3 is 3.45 bits per heavy atom. The van der Waals surface area contributed by atoms with Gasteiger partial charge in [-0.25, -0.2) is 0 Å². The van der Waals surface area contributed by atoms with Gasteiger partial charge in [-0.05, 0) is 0 Å². The maximum Gasteiger partial charge on any atom is 0.309 e. The molecule has 1 aromatic rings. The third-order valence-corrected chi connectivity index (χ3v) is 1.69. The van der Waals surface area contributed by atoms with E-state index in [9.17, 15) is 0 Å². The van der Waals surface area contributed by atoms with E-state index in [0.29, 0.717) is 12.5 Å². The summed E-state index contributed by atoms with van der Waals surface area (Å²) >= 11 is 0. The predicted octanol–water partition coefficient (Wildman–Crippen LogP) is 0.411. The number of hydrogen-bond donors (Lipinski definition) is 2. The Hall–Kier alpha value is -1.16. The average Bonchev–Trinajstić information content (AvgIpc) is 2.50. The molecule has 0 bridgehead atoms. The molecule has 0 saturated heterocycles. The SMILES string of the molecule is NCC1CNc2ccoc2O1. The van der Waals surface area contributed by atoms with Crippen LogP contribution in [0.2, 0.25) is 0 Å². The lowest BCUT2D eigenvalue weighted by Crippen LogP contribution is -2.36. The highest BCUT2D eigenvalue weighted by molar-refractivity contribution is 5.52. The summed E-state index contributed by atoms with van der Waals surface area (Å²) in [7, 11) is 0. The quantitative estimate of drug-likeness (QED) is 0.615. The molecular formula is C7H10N2O2. The molecule has 1 aromatic heterocycles. The molecule has 0 aliphatic carbocycles. The molecule has 0 radical (unpaired) electrons. The Morgan fingerprint density at radius 1 is 1.73 bits per heavy atom. The second-order valence-corrected chi connectivity index (χ2v) is 2.48. The summed E-state index contributed by atoms with van der Waals surface area (Å²) in [5, 5.41) is 3.14. The van der Waals surface area contributed by atoms with Crippen LogP contribution < -0.4 is 15.8 Å². The second-order valence-electron chi connectivity index (χ2n) is 2.48. The number of hydrogen-bond acceptors (Lipinski definition) is 4. The summed E-state index contributed by atoms with van der Waals surface area (Å²) in [5.41, 5.74) is 6.33. The van der Waals surface area contributed by atoms with Gasteiger partial charge in [-0.1, -0.05) is 0 Å². The Morgan fingerprint density at radius 2 is 2.64 bits per heavy atom. The molecule has 1 aliphatic rings. The van der Waals surface area contributed by atoms with E-state index < -0.39 is 0 Å². The predicted molar refractivity (Wildman–Crippen MR) is 40.7 cm³/mol. The largest absolute Gasteiger partial charge is 0.457 e. The second kappa shape index (κ2) is 2.47. The van der Waals surface area contributed by atoms with Crippen molar-refractivity contribution in [3.05, 3.63) is 12.3 Å². The molecule has 2 heterocycles. The molecule has 0 saturated carbocycles. The first-order chi connectivity index (χ1) is 5.40. The first-order valence-corrected chi connectivity index (χ1v) is 3.58. The lowest BCUT2D eigenvalue weighted by atomic mass is 10.3. The van der Waals surface area contributed by atoms with Crippen molar-refractivity contribution in [3.63, 3.8) is 0 Å². The van der Waals surface area contributed by atoms with Crippen LogP contribution in [0.1, 0.15) is 0 Å². The van der Waals surface area contributed by atoms with Gasteiger partial charge in [-0.2, -0.15) is 0 Å². The van der Waals surface area contributed by atoms with Gasteiger partial charge in [0.15, 0.2) is 0 Å². The van der Waals surface area contributed by atoms with Crippen LogP contribution >= 0.6 is 0 Å². The van der Waals surface area contributed by atoms with E-state index in [1.165, 1.54) is 0 Å². The van der Waals surface area contributed by atoms with Crippen LogP contribution in [0.3, 0.4) is 0 Å². The standard InChI is InChI=1S/C7H10N2O2/c8-3-5-4-9-6-1-2-10-7(6)11-5/h1-2,5,9H,3-4,8H2. The van der Waals surface area contributed by atoms with Gasteiger partial charge in [0.2, 0.25) is 0 Å². The number of ether oxygens (including phenoxy) is 1. The van der Waals surface area contributed by atoms with Crippen molar-refractivity contribution < 1.29 is 9.15 Å². The summed E-state index contributed by atoms with van der Waals surface area (Å²) in [6.45, 7) is 1.26. The number of furan rings is 1. The van der Waals surface area contributed by atoms with Crippen LogP contribution in [0.4, 0.5) is 5.69 Å². The minimum absolute atomic E-state index is 0.0358. The molecule has 11 heavy (non-hydrogen) atoms. The van der Waals surface area contributed by atoms with Crippen molar-refractivity contribution in [2.75, 3.05) is 18.4 Å². The first-order valence-electron chi connectivity index (χ1n) is 3.58. The zero-order valence-corrected chi connectivity index (χ0v) is 6.04. The number of nitrogens with one attached hydrogen (secondary N) is 1. The third kappa shape index (κ3) is 1.05. The normalized spacial score (nSPS) is 21.7. The van der Waals surface area contributed by atoms with Gasteiger partial charge < -0.3 is 20.2 Å². The lowest BCUT2D eigenvalue weighted by Gasteiger charge is -2.21. The summed E-state index contributed by atoms with van der Waals surface area (Å²) in [4.78, 5) is 0. The van der Waals surface area contributed by atoms with Gasteiger partial charge in [0.1, 0.15) is 11.8 Å². The highest BCUT2D eigenvalue weighted by atomic mass is 16.6. The Labute approximate surface area is 64.3 Å². The van der Waals surface area contributed by atoms with Gasteiger partial charge >= 0.3 is 5.95 Å². The minimum Gasteiger partial charge on any atom is -0.457 e. The monoisotopic (exact) mass is 154 g/mol. The fraction of sp³-hybridized carbons (Fsp3) is 0.429. The summed E-state index contributed by atoms with van der Waals surface area (Å²) in [6, 6.07) is 1.84. The fourth-order valence-corrected chi connectivity index (χ4v) is 1.07. The zero-order valence-electron chi connectivity index (χ0n) is 6.04. The number of nitrogens with two attached hydrogens (primary N) is 1. The molecule has 0 amide bonds. The molecule has 1 unspecified atom stereocenters. The molecule has 1 aliphatic heterocycles. The van der Waals surface area contributed by atoms with E-state index >= 15 is 0 Å². The molecule has 0 aromatic carbocycles. The van der Waals surface area contributed by atoms with Crippen molar-refractivity contribution in [1.29, 1.82) is 0 Å². The maximum absolute atomic E-state index is 5.42. The highest BCUT2D eigenvalue weighted by Crippen LogP contribution is 2.29. The smallest absolute Gasteiger partial charge is 0.309 e. The Kier molecular flexibility index (Phi) is 1.47. The van der Waals surface area contributed by atoms with Crippen molar-refractivity contribution in [2.24, 2.45) is 5.73 Å². The zero-order chi connectivity index (χ0) is 7.68. The van der Waals surface area contributed by atoms with E-state index in [4.69, 9.17) is 14.9 Å². The number of anilines is 1. The van der Waals surface area contributed by atoms with Gasteiger partial charge in [0, 0.05) is 12.6 Å². The van der Waals surface area contributed by atoms with Crippen molar-refractivity contribution in [3.8, 4) is 5.95 Å². The summed E-state index contributed by atoms with van der Waals surface area (Å²) in [6.07, 6.45) is 1.63. The maximum atomic E-state index is 5.42. The van der Waals surface area contributed by atoms with Crippen LogP contribution in [0.15, 0.2) is 16.7 Å². The van der Waals surface area contributed by atoms with Gasteiger partial charge in [0.25, 0.3) is 0 Å². The average molecular weight is 154 g/mol. The van der Waals surface area contributed by atoms with E-state index in [-0.39, 0.29) is 6.10 Å². The summed E-state index contributed by atoms with van der Waals surface area (Å²) < 4.78 is 10.4. The lowest BCUT2D eigenvalue weighted by molar-refractivity contribution is 0.164. The van der Waals surface area contributed by atoms with Gasteiger partial charge in [-0.3, -0.25) is 0 Å². The molecule has 0 spiro atoms. The van der Waals surface area contributed by atoms with E-state index in [0.717, 1.165) is 12.2 Å². The van der Waals surface area contributed by atoms with Crippen molar-refractivity contribution >= 4 is 5.69 Å². The molecular weight excluding hydrogens is 144 g/mol. The van der Waals surface area contributed by atoms with E-state index in [1.807, 2.05) is 6.07 Å².